The minimum Gasteiger partial charge on any atom is -0.465 e. The average Bonchev–Trinajstić information content (AvgIpc) is 3.03. The molecule has 25 heavy (non-hydrogen) atoms. The second-order valence-corrected chi connectivity index (χ2v) is 5.65. The van der Waals surface area contributed by atoms with Gasteiger partial charge in [-0.3, -0.25) is 9.59 Å². The summed E-state index contributed by atoms with van der Waals surface area (Å²) in [4.78, 5) is 39.5. The molecule has 0 unspecified atom stereocenters. The van der Waals surface area contributed by atoms with Crippen molar-refractivity contribution in [2.45, 2.75) is 0 Å². The van der Waals surface area contributed by atoms with Crippen molar-refractivity contribution in [2.75, 3.05) is 12.4 Å². The van der Waals surface area contributed by atoms with E-state index in [-0.39, 0.29) is 16.8 Å². The number of rotatable bonds is 4. The van der Waals surface area contributed by atoms with Gasteiger partial charge in [0.05, 0.1) is 23.9 Å². The van der Waals surface area contributed by atoms with Crippen LogP contribution in [0, 0.1) is 0 Å². The first-order valence-corrected chi connectivity index (χ1v) is 7.68. The highest BCUT2D eigenvalue weighted by Gasteiger charge is 2.22. The number of amides is 1. The molecule has 1 heterocycles. The van der Waals surface area contributed by atoms with E-state index in [0.29, 0.717) is 15.9 Å². The number of para-hydroxylation sites is 1. The number of fused-ring (bicyclic) bond motifs is 1. The summed E-state index contributed by atoms with van der Waals surface area (Å²) in [6.45, 7) is 0. The van der Waals surface area contributed by atoms with E-state index in [1.54, 1.807) is 30.3 Å². The zero-order valence-electron chi connectivity index (χ0n) is 13.1. The van der Waals surface area contributed by atoms with Gasteiger partial charge >= 0.3 is 5.97 Å². The molecule has 0 aliphatic heterocycles. The lowest BCUT2D eigenvalue weighted by Gasteiger charge is -2.08. The van der Waals surface area contributed by atoms with Crippen molar-refractivity contribution < 1.29 is 19.1 Å². The molecule has 0 saturated heterocycles. The van der Waals surface area contributed by atoms with Gasteiger partial charge in [0.2, 0.25) is 0 Å². The average molecular weight is 357 g/mol. The van der Waals surface area contributed by atoms with Crippen LogP contribution < -0.4 is 5.32 Å². The fourth-order valence-electron chi connectivity index (χ4n) is 2.46. The smallest absolute Gasteiger partial charge is 0.339 e. The lowest BCUT2D eigenvalue weighted by Crippen LogP contribution is -2.24. The van der Waals surface area contributed by atoms with E-state index in [1.807, 2.05) is 0 Å². The maximum atomic E-state index is 12.5. The number of nitrogens with one attached hydrogen (secondary N) is 2. The third-order valence-electron chi connectivity index (χ3n) is 3.68. The number of anilines is 1. The first-order valence-electron chi connectivity index (χ1n) is 7.31. The molecular weight excluding hydrogens is 344 g/mol. The second-order valence-electron chi connectivity index (χ2n) is 5.21. The Hall–Kier alpha value is -3.12. The van der Waals surface area contributed by atoms with Crippen LogP contribution in [0.2, 0.25) is 5.02 Å². The molecule has 1 amide bonds. The highest BCUT2D eigenvalue weighted by molar-refractivity contribution is 6.48. The summed E-state index contributed by atoms with van der Waals surface area (Å²) in [5.74, 6) is -2.22. The molecule has 3 aromatic rings. The number of halogens is 1. The number of ether oxygens (including phenoxy) is 1. The van der Waals surface area contributed by atoms with Crippen LogP contribution in [0.3, 0.4) is 0 Å². The summed E-state index contributed by atoms with van der Waals surface area (Å²) in [6.07, 6.45) is 1.45. The number of hydrogen-bond donors (Lipinski definition) is 2. The number of ketones is 1. The third-order valence-corrected chi connectivity index (χ3v) is 3.91. The normalized spacial score (nSPS) is 10.5. The number of carbonyl (C=O) groups is 3. The summed E-state index contributed by atoms with van der Waals surface area (Å²) in [5.41, 5.74) is 1.25. The Morgan fingerprint density at radius 2 is 1.84 bits per heavy atom. The quantitative estimate of drug-likeness (QED) is 0.426. The van der Waals surface area contributed by atoms with Gasteiger partial charge in [-0.2, -0.15) is 0 Å². The van der Waals surface area contributed by atoms with Crippen LogP contribution in [0.5, 0.6) is 0 Å². The van der Waals surface area contributed by atoms with Crippen LogP contribution >= 0.6 is 11.6 Å². The Balaban J connectivity index is 1.90. The Morgan fingerprint density at radius 3 is 2.60 bits per heavy atom. The van der Waals surface area contributed by atoms with E-state index < -0.39 is 17.7 Å². The molecular formula is C18H13ClN2O4. The standard InChI is InChI=1S/C18H13ClN2O4/c1-25-18(24)11-4-2-3-5-15(11)21-17(23)16(22)13-9-20-14-7-6-10(19)8-12(13)14/h2-9,20H,1H3,(H,21,23). The number of carbonyl (C=O) groups excluding carboxylic acids is 3. The van der Waals surface area contributed by atoms with Gasteiger partial charge in [-0.1, -0.05) is 23.7 Å². The predicted octanol–water partition coefficient (Wildman–Crippen LogP) is 3.43. The summed E-state index contributed by atoms with van der Waals surface area (Å²) < 4.78 is 4.67. The number of methoxy groups -OCH3 is 1. The van der Waals surface area contributed by atoms with Crippen LogP contribution in [-0.4, -0.2) is 29.8 Å². The van der Waals surface area contributed by atoms with E-state index in [0.717, 1.165) is 0 Å². The molecule has 7 heteroatoms. The molecule has 126 valence electrons. The molecule has 0 saturated carbocycles. The Labute approximate surface area is 147 Å². The number of aromatic amines is 1. The molecule has 0 radical (unpaired) electrons. The van der Waals surface area contributed by atoms with Gasteiger partial charge in [0.25, 0.3) is 11.7 Å². The fourth-order valence-corrected chi connectivity index (χ4v) is 2.63. The van der Waals surface area contributed by atoms with Crippen molar-refractivity contribution in [1.29, 1.82) is 0 Å². The van der Waals surface area contributed by atoms with Crippen molar-refractivity contribution in [3.8, 4) is 0 Å². The fraction of sp³-hybridized carbons (Fsp3) is 0.0556. The molecule has 0 aliphatic rings. The lowest BCUT2D eigenvalue weighted by atomic mass is 10.1. The van der Waals surface area contributed by atoms with Gasteiger partial charge in [0.1, 0.15) is 0 Å². The second kappa shape index (κ2) is 6.78. The number of esters is 1. The number of H-pyrrole nitrogens is 1. The van der Waals surface area contributed by atoms with E-state index in [9.17, 15) is 14.4 Å². The first-order chi connectivity index (χ1) is 12.0. The summed E-state index contributed by atoms with van der Waals surface area (Å²) in [7, 11) is 1.24. The topological polar surface area (TPSA) is 88.3 Å². The third kappa shape index (κ3) is 3.25. The maximum Gasteiger partial charge on any atom is 0.339 e. The molecule has 6 nitrogen and oxygen atoms in total. The first kappa shape index (κ1) is 16.7. The maximum absolute atomic E-state index is 12.5. The van der Waals surface area contributed by atoms with Crippen LogP contribution in [0.25, 0.3) is 10.9 Å². The lowest BCUT2D eigenvalue weighted by molar-refractivity contribution is -0.112. The molecule has 0 spiro atoms. The van der Waals surface area contributed by atoms with Crippen LogP contribution in [0.4, 0.5) is 5.69 Å². The highest BCUT2D eigenvalue weighted by atomic mass is 35.5. The van der Waals surface area contributed by atoms with Crippen LogP contribution in [-0.2, 0) is 9.53 Å². The summed E-state index contributed by atoms with van der Waals surface area (Å²) in [5, 5.41) is 3.46. The molecule has 1 aromatic heterocycles. The summed E-state index contributed by atoms with van der Waals surface area (Å²) >= 11 is 5.96. The Kier molecular flexibility index (Phi) is 4.54. The molecule has 0 atom stereocenters. The Bertz CT molecular complexity index is 994. The van der Waals surface area contributed by atoms with Crippen molar-refractivity contribution in [1.82, 2.24) is 4.98 Å². The molecule has 2 N–H and O–H groups in total. The monoisotopic (exact) mass is 356 g/mol. The van der Waals surface area contributed by atoms with Crippen molar-refractivity contribution in [2.24, 2.45) is 0 Å². The minimum atomic E-state index is -0.864. The minimum absolute atomic E-state index is 0.160. The molecule has 0 aliphatic carbocycles. The zero-order chi connectivity index (χ0) is 18.0. The number of benzene rings is 2. The van der Waals surface area contributed by atoms with Crippen molar-refractivity contribution in [3.05, 3.63) is 64.8 Å². The predicted molar refractivity (Wildman–Crippen MR) is 94.1 cm³/mol. The van der Waals surface area contributed by atoms with Gasteiger partial charge in [-0.15, -0.1) is 0 Å². The van der Waals surface area contributed by atoms with E-state index in [1.165, 1.54) is 25.4 Å². The Morgan fingerprint density at radius 1 is 1.08 bits per heavy atom. The van der Waals surface area contributed by atoms with Gasteiger partial charge in [0.15, 0.2) is 0 Å². The largest absolute Gasteiger partial charge is 0.465 e. The van der Waals surface area contributed by atoms with Crippen LogP contribution in [0.1, 0.15) is 20.7 Å². The van der Waals surface area contributed by atoms with Gasteiger partial charge < -0.3 is 15.0 Å². The molecule has 0 bridgehead atoms. The molecule has 2 aromatic carbocycles. The van der Waals surface area contributed by atoms with Gasteiger partial charge in [-0.05, 0) is 30.3 Å². The number of Topliss-reactive ketones (excluding diaryl/α,β-unsaturated/α-hetero) is 1. The van der Waals surface area contributed by atoms with Crippen molar-refractivity contribution >= 4 is 45.9 Å². The zero-order valence-corrected chi connectivity index (χ0v) is 13.9. The van der Waals surface area contributed by atoms with E-state index in [4.69, 9.17) is 11.6 Å². The SMILES string of the molecule is COC(=O)c1ccccc1NC(=O)C(=O)c1c[nH]c2ccc(Cl)cc12. The van der Waals surface area contributed by atoms with E-state index in [2.05, 4.69) is 15.0 Å². The molecule has 0 fully saturated rings. The number of hydrogen-bond acceptors (Lipinski definition) is 4. The molecule has 3 rings (SSSR count). The van der Waals surface area contributed by atoms with E-state index >= 15 is 0 Å². The highest BCUT2D eigenvalue weighted by Crippen LogP contribution is 2.23. The number of aromatic nitrogens is 1. The van der Waals surface area contributed by atoms with Gasteiger partial charge in [-0.25, -0.2) is 4.79 Å². The summed E-state index contributed by atoms with van der Waals surface area (Å²) in [6, 6.07) is 11.3. The van der Waals surface area contributed by atoms with Gasteiger partial charge in [0, 0.05) is 22.1 Å². The van der Waals surface area contributed by atoms with Crippen molar-refractivity contribution in [3.63, 3.8) is 0 Å². The van der Waals surface area contributed by atoms with Crippen LogP contribution in [0.15, 0.2) is 48.7 Å².